The van der Waals surface area contributed by atoms with Crippen LogP contribution in [0.15, 0.2) is 75.4 Å². The average Bonchev–Trinajstić information content (AvgIpc) is 3.37. The standard InChI is InChI=1S/C29H30BrN5O4S/c1-29(2,3)20-8-6-19(7-9-20)27-33-34-28(35(27)21-10-12-22(38-4)13-11-21)40-17-25(36)32-31-16-18-14-23(30)26(37)24(15-18)39-5/h6-16H,17H2,1-5H3,(H2,31,32,36,37)/p+1. The van der Waals surface area contributed by atoms with E-state index in [0.717, 1.165) is 22.8 Å². The summed E-state index contributed by atoms with van der Waals surface area (Å²) in [6, 6.07) is 19.3. The van der Waals surface area contributed by atoms with Gasteiger partial charge in [-0.3, -0.25) is 4.79 Å². The molecule has 1 amide bonds. The second kappa shape index (κ2) is 12.6. The Morgan fingerprint density at radius 2 is 1.82 bits per heavy atom. The number of rotatable bonds is 9. The van der Waals surface area contributed by atoms with Crippen LogP contribution in [-0.2, 0) is 10.2 Å². The van der Waals surface area contributed by atoms with Crippen molar-refractivity contribution >= 4 is 39.8 Å². The number of amides is 1. The number of phenols is 1. The van der Waals surface area contributed by atoms with Crippen LogP contribution in [0, 0.1) is 0 Å². The molecular weight excluding hydrogens is 594 g/mol. The lowest BCUT2D eigenvalue weighted by Gasteiger charge is -2.18. The van der Waals surface area contributed by atoms with Gasteiger partial charge in [0.25, 0.3) is 11.7 Å². The minimum absolute atomic E-state index is 0.00577. The average molecular weight is 626 g/mol. The van der Waals surface area contributed by atoms with Crippen molar-refractivity contribution in [1.29, 1.82) is 0 Å². The Kier molecular flexibility index (Phi) is 9.16. The molecule has 11 heteroatoms. The number of aromatic amines is 1. The molecule has 0 radical (unpaired) electrons. The molecule has 0 aliphatic rings. The molecule has 0 fully saturated rings. The number of hydrogen-bond donors (Lipinski definition) is 3. The summed E-state index contributed by atoms with van der Waals surface area (Å²) in [5.74, 6) is 1.61. The third-order valence-corrected chi connectivity index (χ3v) is 7.58. The molecule has 0 saturated carbocycles. The van der Waals surface area contributed by atoms with Crippen LogP contribution in [0.25, 0.3) is 17.1 Å². The number of benzene rings is 3. The summed E-state index contributed by atoms with van der Waals surface area (Å²) in [7, 11) is 3.09. The summed E-state index contributed by atoms with van der Waals surface area (Å²) in [6.07, 6.45) is 1.47. The largest absolute Gasteiger partial charge is 0.503 e. The van der Waals surface area contributed by atoms with Crippen molar-refractivity contribution in [3.8, 4) is 34.3 Å². The summed E-state index contributed by atoms with van der Waals surface area (Å²) in [4.78, 5) is 12.6. The van der Waals surface area contributed by atoms with Crippen molar-refractivity contribution in [3.05, 3.63) is 76.3 Å². The lowest BCUT2D eigenvalue weighted by molar-refractivity contribution is -0.625. The van der Waals surface area contributed by atoms with Crippen molar-refractivity contribution in [2.24, 2.45) is 5.10 Å². The normalized spacial score (nSPS) is 11.6. The van der Waals surface area contributed by atoms with Gasteiger partial charge >= 0.3 is 5.16 Å². The molecule has 0 atom stereocenters. The van der Waals surface area contributed by atoms with Gasteiger partial charge in [0.2, 0.25) is 0 Å². The Hall–Kier alpha value is -3.83. The molecule has 0 aliphatic carbocycles. The number of nitrogens with zero attached hydrogens (tertiary/aromatic N) is 3. The fourth-order valence-corrected chi connectivity index (χ4v) is 5.07. The van der Waals surface area contributed by atoms with Crippen LogP contribution >= 0.6 is 27.7 Å². The number of aromatic hydroxyl groups is 1. The molecule has 0 spiro atoms. The van der Waals surface area contributed by atoms with E-state index < -0.39 is 0 Å². The third kappa shape index (κ3) is 6.83. The fourth-order valence-electron chi connectivity index (χ4n) is 3.85. The molecule has 1 heterocycles. The summed E-state index contributed by atoms with van der Waals surface area (Å²) in [5, 5.41) is 22.3. The highest BCUT2D eigenvalue weighted by Gasteiger charge is 2.25. The Morgan fingerprint density at radius 1 is 1.12 bits per heavy atom. The van der Waals surface area contributed by atoms with E-state index in [2.05, 4.69) is 81.7 Å². The predicted octanol–water partition coefficient (Wildman–Crippen LogP) is 5.38. The van der Waals surface area contributed by atoms with Crippen LogP contribution < -0.4 is 19.5 Å². The first-order valence-electron chi connectivity index (χ1n) is 12.4. The van der Waals surface area contributed by atoms with Crippen molar-refractivity contribution in [1.82, 2.24) is 15.6 Å². The number of aromatic nitrogens is 3. The van der Waals surface area contributed by atoms with E-state index >= 15 is 0 Å². The number of phenolic OH excluding ortho intramolecular Hbond substituents is 1. The topological polar surface area (TPSA) is 113 Å². The lowest BCUT2D eigenvalue weighted by atomic mass is 9.87. The van der Waals surface area contributed by atoms with Gasteiger partial charge in [-0.1, -0.05) is 32.9 Å². The van der Waals surface area contributed by atoms with Crippen LogP contribution in [0.3, 0.4) is 0 Å². The monoisotopic (exact) mass is 624 g/mol. The molecule has 3 aromatic carbocycles. The highest BCUT2D eigenvalue weighted by atomic mass is 79.9. The number of hydrazone groups is 1. The van der Waals surface area contributed by atoms with Crippen LogP contribution in [-0.4, -0.2) is 47.4 Å². The number of methoxy groups -OCH3 is 2. The van der Waals surface area contributed by atoms with Crippen LogP contribution in [0.1, 0.15) is 31.9 Å². The predicted molar refractivity (Wildman–Crippen MR) is 160 cm³/mol. The number of thioether (sulfide) groups is 1. The highest BCUT2D eigenvalue weighted by Crippen LogP contribution is 2.34. The van der Waals surface area contributed by atoms with Crippen LogP contribution in [0.4, 0.5) is 0 Å². The second-order valence-corrected chi connectivity index (χ2v) is 11.6. The quantitative estimate of drug-likeness (QED) is 0.0997. The number of H-pyrrole nitrogens is 1. The van der Waals surface area contributed by atoms with Crippen molar-refractivity contribution in [2.75, 3.05) is 20.0 Å². The Morgan fingerprint density at radius 3 is 2.45 bits per heavy atom. The van der Waals surface area contributed by atoms with Crippen molar-refractivity contribution in [3.63, 3.8) is 0 Å². The number of hydrogen-bond acceptors (Lipinski definition) is 7. The molecule has 0 saturated heterocycles. The van der Waals surface area contributed by atoms with Crippen LogP contribution in [0.2, 0.25) is 0 Å². The maximum atomic E-state index is 12.6. The minimum atomic E-state index is -0.300. The first kappa shape index (κ1) is 29.2. The number of nitrogens with one attached hydrogen (secondary N) is 2. The van der Waals surface area contributed by atoms with Crippen molar-refractivity contribution < 1.29 is 23.9 Å². The van der Waals surface area contributed by atoms with E-state index in [1.54, 1.807) is 19.2 Å². The lowest BCUT2D eigenvalue weighted by Crippen LogP contribution is -2.34. The first-order valence-corrected chi connectivity index (χ1v) is 14.2. The maximum absolute atomic E-state index is 12.6. The Balaban J connectivity index is 1.53. The number of ether oxygens (including phenoxy) is 2. The van der Waals surface area contributed by atoms with E-state index in [0.29, 0.717) is 20.9 Å². The zero-order valence-corrected chi connectivity index (χ0v) is 25.3. The smallest absolute Gasteiger partial charge is 0.342 e. The summed E-state index contributed by atoms with van der Waals surface area (Å²) in [5.41, 5.74) is 6.29. The first-order chi connectivity index (χ1) is 19.1. The Labute approximate surface area is 245 Å². The zero-order valence-electron chi connectivity index (χ0n) is 22.9. The minimum Gasteiger partial charge on any atom is -0.503 e. The van der Waals surface area contributed by atoms with Gasteiger partial charge in [0.15, 0.2) is 11.5 Å². The van der Waals surface area contributed by atoms with E-state index in [9.17, 15) is 9.90 Å². The molecule has 9 nitrogen and oxygen atoms in total. The molecule has 40 heavy (non-hydrogen) atoms. The van der Waals surface area contributed by atoms with E-state index in [4.69, 9.17) is 9.47 Å². The van der Waals surface area contributed by atoms with E-state index in [1.807, 2.05) is 28.8 Å². The molecular formula is C29H31BrN5O4S+. The molecule has 3 N–H and O–H groups in total. The Bertz CT molecular complexity index is 1510. The van der Waals surface area contributed by atoms with Gasteiger partial charge in [0.05, 0.1) is 41.3 Å². The molecule has 0 unspecified atom stereocenters. The van der Waals surface area contributed by atoms with Gasteiger partial charge in [0, 0.05) is 0 Å². The van der Waals surface area contributed by atoms with Gasteiger partial charge in [-0.15, -0.1) is 5.10 Å². The number of halogens is 1. The number of carbonyl (C=O) groups is 1. The van der Waals surface area contributed by atoms with Crippen molar-refractivity contribution in [2.45, 2.75) is 31.3 Å². The molecule has 4 rings (SSSR count). The van der Waals surface area contributed by atoms with Gasteiger partial charge < -0.3 is 14.6 Å². The van der Waals surface area contributed by atoms with Gasteiger partial charge in [0.1, 0.15) is 11.4 Å². The second-order valence-electron chi connectivity index (χ2n) is 9.85. The van der Waals surface area contributed by atoms with Crippen LogP contribution in [0.5, 0.6) is 17.2 Å². The summed E-state index contributed by atoms with van der Waals surface area (Å²) < 4.78 is 12.9. The van der Waals surface area contributed by atoms with E-state index in [-0.39, 0.29) is 22.8 Å². The van der Waals surface area contributed by atoms with Gasteiger partial charge in [-0.2, -0.15) is 9.67 Å². The highest BCUT2D eigenvalue weighted by molar-refractivity contribution is 9.10. The zero-order chi connectivity index (χ0) is 28.9. The fraction of sp³-hybridized carbons (Fsp3) is 0.241. The maximum Gasteiger partial charge on any atom is 0.342 e. The molecule has 1 aromatic heterocycles. The third-order valence-electron chi connectivity index (χ3n) is 6.03. The summed E-state index contributed by atoms with van der Waals surface area (Å²) in [6.45, 7) is 6.54. The molecule has 4 aromatic rings. The molecule has 208 valence electrons. The van der Waals surface area contributed by atoms with Gasteiger partial charge in [-0.25, -0.2) is 5.43 Å². The SMILES string of the molecule is COc1ccc(-[n+]2c(SCC(=O)N/N=C/c3cc(Br)c(O)c(OC)c3)n[nH]c2-c2ccc(C(C)(C)C)cc2)cc1. The summed E-state index contributed by atoms with van der Waals surface area (Å²) >= 11 is 4.55. The van der Waals surface area contributed by atoms with Gasteiger partial charge in [-0.05, 0) is 92.8 Å². The molecule has 0 bridgehead atoms. The molecule has 0 aliphatic heterocycles. The van der Waals surface area contributed by atoms with E-state index in [1.165, 1.54) is 30.6 Å². The number of carbonyl (C=O) groups excluding carboxylic acids is 1.